The summed E-state index contributed by atoms with van der Waals surface area (Å²) in [7, 11) is 0. The van der Waals surface area contributed by atoms with Crippen molar-refractivity contribution < 1.29 is 4.79 Å². The van der Waals surface area contributed by atoms with E-state index in [-0.39, 0.29) is 11.9 Å². The van der Waals surface area contributed by atoms with Crippen LogP contribution in [0.25, 0.3) is 0 Å². The zero-order valence-corrected chi connectivity index (χ0v) is 19.0. The molecule has 3 aliphatic rings. The molecule has 33 heavy (non-hydrogen) atoms. The number of guanidine groups is 1. The number of benzene rings is 2. The maximum atomic E-state index is 12.8. The van der Waals surface area contributed by atoms with Gasteiger partial charge in [-0.05, 0) is 24.0 Å². The number of amides is 1. The molecular weight excluding hydrogens is 410 g/mol. The zero-order valence-electron chi connectivity index (χ0n) is 19.0. The van der Waals surface area contributed by atoms with Gasteiger partial charge in [0.05, 0.1) is 17.6 Å². The number of hydrogen-bond acceptors (Lipinski definition) is 5. The van der Waals surface area contributed by atoms with Crippen LogP contribution in [0.4, 0.5) is 0 Å². The zero-order chi connectivity index (χ0) is 22.7. The molecule has 2 aliphatic heterocycles. The number of carbonyl (C=O) groups excluding carboxylic acids is 1. The Bertz CT molecular complexity index is 992. The van der Waals surface area contributed by atoms with Crippen molar-refractivity contribution in [1.29, 1.82) is 5.26 Å². The minimum absolute atomic E-state index is 0.182. The highest BCUT2D eigenvalue weighted by Gasteiger charge is 2.48. The molecule has 2 fully saturated rings. The molecule has 1 spiro atoms. The number of aliphatic imine (C=N–C) groups is 1. The number of piperazine rings is 1. The van der Waals surface area contributed by atoms with E-state index in [1.54, 1.807) is 0 Å². The van der Waals surface area contributed by atoms with Gasteiger partial charge in [0, 0.05) is 26.2 Å². The van der Waals surface area contributed by atoms with Gasteiger partial charge in [0.25, 0.3) is 0 Å². The fourth-order valence-corrected chi connectivity index (χ4v) is 5.70. The van der Waals surface area contributed by atoms with E-state index in [0.29, 0.717) is 5.96 Å². The molecule has 6 nitrogen and oxygen atoms in total. The third kappa shape index (κ3) is 4.26. The van der Waals surface area contributed by atoms with Crippen LogP contribution in [0.3, 0.4) is 0 Å². The third-order valence-corrected chi connectivity index (χ3v) is 7.42. The predicted octanol–water partition coefficient (Wildman–Crippen LogP) is 3.72. The van der Waals surface area contributed by atoms with Crippen LogP contribution in [0.2, 0.25) is 0 Å². The second-order valence-electron chi connectivity index (χ2n) is 9.40. The second-order valence-corrected chi connectivity index (χ2v) is 9.40. The van der Waals surface area contributed by atoms with E-state index in [4.69, 9.17) is 4.99 Å². The minimum atomic E-state index is -0.677. The van der Waals surface area contributed by atoms with Crippen LogP contribution in [-0.2, 0) is 4.79 Å². The van der Waals surface area contributed by atoms with E-state index in [1.165, 1.54) is 11.1 Å². The summed E-state index contributed by atoms with van der Waals surface area (Å²) in [6, 6.07) is 23.8. The summed E-state index contributed by atoms with van der Waals surface area (Å²) < 4.78 is 0. The van der Waals surface area contributed by atoms with Crippen molar-refractivity contribution in [2.24, 2.45) is 10.9 Å². The lowest BCUT2D eigenvalue weighted by atomic mass is 9.72. The van der Waals surface area contributed by atoms with Gasteiger partial charge >= 0.3 is 0 Å². The summed E-state index contributed by atoms with van der Waals surface area (Å²) in [4.78, 5) is 22.6. The highest BCUT2D eigenvalue weighted by atomic mass is 16.2. The Hall–Kier alpha value is -3.17. The van der Waals surface area contributed by atoms with Crippen molar-refractivity contribution >= 4 is 11.9 Å². The van der Waals surface area contributed by atoms with Crippen LogP contribution in [0, 0.1) is 17.2 Å². The van der Waals surface area contributed by atoms with E-state index in [0.717, 1.165) is 58.3 Å². The molecule has 2 aromatic rings. The minimum Gasteiger partial charge on any atom is -0.340 e. The van der Waals surface area contributed by atoms with Crippen molar-refractivity contribution in [1.82, 2.24) is 15.1 Å². The van der Waals surface area contributed by atoms with Gasteiger partial charge in [0.15, 0.2) is 5.92 Å². The van der Waals surface area contributed by atoms with Gasteiger partial charge in [-0.1, -0.05) is 79.9 Å². The molecule has 1 atom stereocenters. The molecule has 1 aliphatic carbocycles. The molecule has 1 saturated carbocycles. The first-order valence-corrected chi connectivity index (χ1v) is 12.1. The molecule has 1 N–H and O–H groups in total. The third-order valence-electron chi connectivity index (χ3n) is 7.42. The Morgan fingerprint density at radius 2 is 1.48 bits per heavy atom. The van der Waals surface area contributed by atoms with Crippen molar-refractivity contribution in [3.05, 3.63) is 71.8 Å². The summed E-state index contributed by atoms with van der Waals surface area (Å²) in [6.07, 6.45) is 4.88. The summed E-state index contributed by atoms with van der Waals surface area (Å²) in [5.74, 6) is -0.189. The van der Waals surface area contributed by atoms with Crippen molar-refractivity contribution in [3.8, 4) is 6.07 Å². The van der Waals surface area contributed by atoms with Gasteiger partial charge in [0.1, 0.15) is 0 Å². The fourth-order valence-electron chi connectivity index (χ4n) is 5.70. The number of nitrogens with one attached hydrogen (secondary N) is 1. The molecule has 5 rings (SSSR count). The molecule has 2 aromatic carbocycles. The molecule has 1 amide bonds. The Kier molecular flexibility index (Phi) is 6.15. The average molecular weight is 442 g/mol. The lowest BCUT2D eigenvalue weighted by molar-refractivity contribution is -0.125. The highest BCUT2D eigenvalue weighted by Crippen LogP contribution is 2.40. The number of nitriles is 1. The highest BCUT2D eigenvalue weighted by molar-refractivity contribution is 6.02. The topological polar surface area (TPSA) is 71.7 Å². The normalized spacial score (nSPS) is 23.2. The molecule has 0 bridgehead atoms. The van der Waals surface area contributed by atoms with E-state index in [2.05, 4.69) is 81.8 Å². The molecule has 6 heteroatoms. The first-order chi connectivity index (χ1) is 16.2. The predicted molar refractivity (Wildman–Crippen MR) is 128 cm³/mol. The van der Waals surface area contributed by atoms with Gasteiger partial charge in [-0.3, -0.25) is 15.0 Å². The van der Waals surface area contributed by atoms with Crippen LogP contribution in [0.5, 0.6) is 0 Å². The van der Waals surface area contributed by atoms with E-state index < -0.39 is 11.5 Å². The van der Waals surface area contributed by atoms with Crippen LogP contribution < -0.4 is 5.32 Å². The van der Waals surface area contributed by atoms with Gasteiger partial charge in [0.2, 0.25) is 11.9 Å². The van der Waals surface area contributed by atoms with E-state index in [1.807, 2.05) is 0 Å². The quantitative estimate of drug-likeness (QED) is 0.788. The fraction of sp³-hybridized carbons (Fsp3) is 0.444. The Balaban J connectivity index is 1.36. The molecular formula is C27H31N5O. The number of nitrogens with zero attached hydrogens (tertiary/aromatic N) is 4. The molecule has 2 heterocycles. The largest absolute Gasteiger partial charge is 0.340 e. The van der Waals surface area contributed by atoms with Crippen LogP contribution in [0.15, 0.2) is 65.7 Å². The summed E-state index contributed by atoms with van der Waals surface area (Å²) in [6.45, 7) is 3.33. The first-order valence-electron chi connectivity index (χ1n) is 12.1. The Morgan fingerprint density at radius 3 is 2.03 bits per heavy atom. The molecule has 0 aromatic heterocycles. The maximum absolute atomic E-state index is 12.8. The second kappa shape index (κ2) is 9.36. The lowest BCUT2D eigenvalue weighted by Gasteiger charge is -2.45. The maximum Gasteiger partial charge on any atom is 0.246 e. The smallest absolute Gasteiger partial charge is 0.246 e. The first kappa shape index (κ1) is 21.7. The van der Waals surface area contributed by atoms with Crippen LogP contribution in [-0.4, -0.2) is 53.4 Å². The Labute approximate surface area is 195 Å². The van der Waals surface area contributed by atoms with Crippen LogP contribution in [0.1, 0.15) is 49.3 Å². The van der Waals surface area contributed by atoms with E-state index in [9.17, 15) is 10.1 Å². The van der Waals surface area contributed by atoms with Crippen molar-refractivity contribution in [2.45, 2.75) is 43.7 Å². The van der Waals surface area contributed by atoms with Gasteiger partial charge in [-0.15, -0.1) is 0 Å². The number of hydrogen-bond donors (Lipinski definition) is 1. The summed E-state index contributed by atoms with van der Waals surface area (Å²) in [5, 5.41) is 12.6. The monoisotopic (exact) mass is 441 g/mol. The number of carbonyl (C=O) groups is 1. The summed E-state index contributed by atoms with van der Waals surface area (Å²) >= 11 is 0. The van der Waals surface area contributed by atoms with Gasteiger partial charge in [-0.25, -0.2) is 4.99 Å². The van der Waals surface area contributed by atoms with E-state index >= 15 is 0 Å². The SMILES string of the molecule is N#C[C@@H]1C(=O)NC(N2CCN(C(c3ccccc3)c3ccccc3)CC2)=NC12CCCCC2. The molecule has 170 valence electrons. The molecule has 0 unspecified atom stereocenters. The van der Waals surface area contributed by atoms with Crippen molar-refractivity contribution in [2.75, 3.05) is 26.2 Å². The number of rotatable bonds is 3. The molecule has 1 saturated heterocycles. The van der Waals surface area contributed by atoms with Crippen molar-refractivity contribution in [3.63, 3.8) is 0 Å². The van der Waals surface area contributed by atoms with Gasteiger partial charge < -0.3 is 4.90 Å². The summed E-state index contributed by atoms with van der Waals surface area (Å²) in [5.41, 5.74) is 2.04. The standard InChI is InChI=1S/C27H31N5O/c28-20-23-25(33)29-26(30-27(23)14-8-3-9-15-27)32-18-16-31(17-19-32)24(21-10-4-1-5-11-21)22-12-6-2-7-13-22/h1-2,4-7,10-13,23-24H,3,8-9,14-19H2,(H,29,30,33)/t23-/m1/s1. The average Bonchev–Trinajstić information content (AvgIpc) is 2.86. The lowest BCUT2D eigenvalue weighted by Crippen LogP contribution is -2.60. The molecule has 0 radical (unpaired) electrons. The van der Waals surface area contributed by atoms with Gasteiger partial charge in [-0.2, -0.15) is 5.26 Å². The van der Waals surface area contributed by atoms with Crippen LogP contribution >= 0.6 is 0 Å². The Morgan fingerprint density at radius 1 is 0.909 bits per heavy atom.